The highest BCUT2D eigenvalue weighted by atomic mass is 35.5. The molecule has 0 saturated carbocycles. The van der Waals surface area contributed by atoms with Gasteiger partial charge in [-0.3, -0.25) is 9.78 Å². The molecule has 0 radical (unpaired) electrons. The van der Waals surface area contributed by atoms with Crippen molar-refractivity contribution in [2.24, 2.45) is 5.73 Å². The van der Waals surface area contributed by atoms with Gasteiger partial charge in [0.2, 0.25) is 0 Å². The van der Waals surface area contributed by atoms with E-state index in [1.54, 1.807) is 6.07 Å². The second kappa shape index (κ2) is 6.62. The van der Waals surface area contributed by atoms with Crippen molar-refractivity contribution in [2.45, 2.75) is 12.3 Å². The monoisotopic (exact) mass is 375 g/mol. The van der Waals surface area contributed by atoms with Crippen molar-refractivity contribution in [1.29, 1.82) is 0 Å². The Balaban J connectivity index is 1.99. The van der Waals surface area contributed by atoms with Gasteiger partial charge < -0.3 is 15.8 Å². The van der Waals surface area contributed by atoms with E-state index in [0.717, 1.165) is 11.2 Å². The lowest BCUT2D eigenvalue weighted by Crippen LogP contribution is -2.33. The molecular formula is C14H13ClF3N5O2. The lowest BCUT2D eigenvalue weighted by atomic mass is 10.2. The topological polar surface area (TPSA) is 95.1 Å². The maximum Gasteiger partial charge on any atom is 0.436 e. The van der Waals surface area contributed by atoms with Gasteiger partial charge in [0, 0.05) is 13.1 Å². The molecule has 11 heteroatoms. The number of carbonyl (C=O) groups excluding carboxylic acids is 1. The number of amides is 1. The standard InChI is InChI=1S/C14H13ClF3N5O2/c15-10-11(13(19)24)23(22-12(10)14(16,17)18)7-1-2-8(21-5-7)9-6-20-3-4-25-9/h1-2,5,9,20H,3-4,6H2,(H2,19,24)/t9-/m0/s1. The van der Waals surface area contributed by atoms with E-state index in [-0.39, 0.29) is 11.8 Å². The molecule has 0 bridgehead atoms. The lowest BCUT2D eigenvalue weighted by molar-refractivity contribution is -0.141. The normalized spacial score (nSPS) is 18.3. The molecule has 0 spiro atoms. The number of alkyl halides is 3. The third-order valence-corrected chi connectivity index (χ3v) is 3.96. The molecule has 134 valence electrons. The van der Waals surface area contributed by atoms with Gasteiger partial charge in [-0.2, -0.15) is 18.3 Å². The van der Waals surface area contributed by atoms with Crippen molar-refractivity contribution in [1.82, 2.24) is 20.1 Å². The number of ether oxygens (including phenoxy) is 1. The first kappa shape index (κ1) is 17.6. The Morgan fingerprint density at radius 2 is 2.20 bits per heavy atom. The highest BCUT2D eigenvalue weighted by molar-refractivity contribution is 6.34. The van der Waals surface area contributed by atoms with Gasteiger partial charge in [-0.25, -0.2) is 4.68 Å². The molecule has 2 aromatic rings. The van der Waals surface area contributed by atoms with Crippen molar-refractivity contribution in [2.75, 3.05) is 19.7 Å². The summed E-state index contributed by atoms with van der Waals surface area (Å²) in [6.45, 7) is 1.84. The summed E-state index contributed by atoms with van der Waals surface area (Å²) in [5, 5.41) is 5.69. The van der Waals surface area contributed by atoms with Gasteiger partial charge in [-0.15, -0.1) is 0 Å². The molecule has 3 heterocycles. The van der Waals surface area contributed by atoms with E-state index in [0.29, 0.717) is 18.8 Å². The van der Waals surface area contributed by atoms with Crippen molar-refractivity contribution >= 4 is 17.5 Å². The number of morpholine rings is 1. The summed E-state index contributed by atoms with van der Waals surface area (Å²) in [7, 11) is 0. The van der Waals surface area contributed by atoms with Crippen LogP contribution in [0.1, 0.15) is 28.0 Å². The fraction of sp³-hybridized carbons (Fsp3) is 0.357. The van der Waals surface area contributed by atoms with Crippen LogP contribution in [0.25, 0.3) is 5.69 Å². The molecule has 7 nitrogen and oxygen atoms in total. The highest BCUT2D eigenvalue weighted by Crippen LogP contribution is 2.36. The second-order valence-corrected chi connectivity index (χ2v) is 5.67. The minimum atomic E-state index is -4.82. The van der Waals surface area contributed by atoms with Gasteiger partial charge in [-0.05, 0) is 12.1 Å². The number of nitrogens with two attached hydrogens (primary N) is 1. The van der Waals surface area contributed by atoms with Gasteiger partial charge in [0.05, 0.1) is 24.2 Å². The van der Waals surface area contributed by atoms with Crippen LogP contribution >= 0.6 is 11.6 Å². The lowest BCUT2D eigenvalue weighted by Gasteiger charge is -2.23. The largest absolute Gasteiger partial charge is 0.436 e. The number of halogens is 4. The van der Waals surface area contributed by atoms with Crippen molar-refractivity contribution in [3.63, 3.8) is 0 Å². The zero-order chi connectivity index (χ0) is 18.2. The summed E-state index contributed by atoms with van der Waals surface area (Å²) in [4.78, 5) is 15.7. The number of nitrogens with zero attached hydrogens (tertiary/aromatic N) is 3. The molecule has 1 amide bonds. The summed E-state index contributed by atoms with van der Waals surface area (Å²) in [5.74, 6) is -1.13. The van der Waals surface area contributed by atoms with E-state index in [1.807, 2.05) is 0 Å². The summed E-state index contributed by atoms with van der Waals surface area (Å²) in [6.07, 6.45) is -3.80. The Morgan fingerprint density at radius 1 is 1.44 bits per heavy atom. The Labute approximate surface area is 144 Å². The average Bonchev–Trinajstić information content (AvgIpc) is 2.93. The molecule has 3 rings (SSSR count). The Morgan fingerprint density at radius 3 is 2.72 bits per heavy atom. The van der Waals surface area contributed by atoms with Crippen LogP contribution < -0.4 is 11.1 Å². The van der Waals surface area contributed by atoms with E-state index in [1.165, 1.54) is 12.3 Å². The van der Waals surface area contributed by atoms with E-state index in [2.05, 4.69) is 15.4 Å². The number of nitrogens with one attached hydrogen (secondary N) is 1. The van der Waals surface area contributed by atoms with Gasteiger partial charge >= 0.3 is 6.18 Å². The minimum Gasteiger partial charge on any atom is -0.369 e. The van der Waals surface area contributed by atoms with E-state index in [9.17, 15) is 18.0 Å². The molecule has 0 unspecified atom stereocenters. The van der Waals surface area contributed by atoms with Crippen LogP contribution in [0.15, 0.2) is 18.3 Å². The number of hydrogen-bond acceptors (Lipinski definition) is 5. The molecule has 1 aliphatic rings. The van der Waals surface area contributed by atoms with Crippen LogP contribution in [-0.4, -0.2) is 40.4 Å². The zero-order valence-corrected chi connectivity index (χ0v) is 13.4. The van der Waals surface area contributed by atoms with Crippen LogP contribution in [0.4, 0.5) is 13.2 Å². The summed E-state index contributed by atoms with van der Waals surface area (Å²) in [6, 6.07) is 3.05. The maximum atomic E-state index is 13.0. The van der Waals surface area contributed by atoms with Crippen LogP contribution in [-0.2, 0) is 10.9 Å². The van der Waals surface area contributed by atoms with Gasteiger partial charge in [0.15, 0.2) is 11.4 Å². The summed E-state index contributed by atoms with van der Waals surface area (Å²) < 4.78 is 45.2. The Kier molecular flexibility index (Phi) is 4.67. The molecule has 1 aliphatic heterocycles. The SMILES string of the molecule is NC(=O)c1c(Cl)c(C(F)(F)F)nn1-c1ccc([C@@H]2CNCCO2)nc1. The van der Waals surface area contributed by atoms with E-state index >= 15 is 0 Å². The number of aromatic nitrogens is 3. The second-order valence-electron chi connectivity index (χ2n) is 5.29. The molecule has 1 saturated heterocycles. The highest BCUT2D eigenvalue weighted by Gasteiger charge is 2.40. The van der Waals surface area contributed by atoms with Crippen LogP contribution in [0.3, 0.4) is 0 Å². The quantitative estimate of drug-likeness (QED) is 0.851. The number of carbonyl (C=O) groups is 1. The first-order chi connectivity index (χ1) is 11.8. The molecule has 1 fully saturated rings. The van der Waals surface area contributed by atoms with Crippen molar-refractivity contribution in [3.05, 3.63) is 40.4 Å². The Hall–Kier alpha value is -2.17. The minimum absolute atomic E-state index is 0.124. The van der Waals surface area contributed by atoms with Crippen molar-refractivity contribution < 1.29 is 22.7 Å². The number of primary amides is 1. The van der Waals surface area contributed by atoms with E-state index < -0.39 is 28.5 Å². The smallest absolute Gasteiger partial charge is 0.369 e. The molecule has 0 aliphatic carbocycles. The first-order valence-corrected chi connectivity index (χ1v) is 7.61. The zero-order valence-electron chi connectivity index (χ0n) is 12.7. The van der Waals surface area contributed by atoms with E-state index in [4.69, 9.17) is 22.1 Å². The predicted molar refractivity (Wildman–Crippen MR) is 81.5 cm³/mol. The molecule has 1 atom stereocenters. The van der Waals surface area contributed by atoms with Crippen molar-refractivity contribution in [3.8, 4) is 5.69 Å². The van der Waals surface area contributed by atoms with Gasteiger partial charge in [0.25, 0.3) is 5.91 Å². The third kappa shape index (κ3) is 3.46. The summed E-state index contributed by atoms with van der Waals surface area (Å²) in [5.41, 5.74) is 3.94. The molecule has 2 aromatic heterocycles. The molecule has 0 aromatic carbocycles. The first-order valence-electron chi connectivity index (χ1n) is 7.23. The molecule has 25 heavy (non-hydrogen) atoms. The number of pyridine rings is 1. The van der Waals surface area contributed by atoms with Gasteiger partial charge in [-0.1, -0.05) is 11.6 Å². The fourth-order valence-corrected chi connectivity index (χ4v) is 2.77. The Bertz CT molecular complexity index is 785. The predicted octanol–water partition coefficient (Wildman–Crippen LogP) is 1.70. The van der Waals surface area contributed by atoms with Crippen LogP contribution in [0.5, 0.6) is 0 Å². The fourth-order valence-electron chi connectivity index (χ4n) is 2.45. The van der Waals surface area contributed by atoms with Crippen LogP contribution in [0.2, 0.25) is 5.02 Å². The molecule has 3 N–H and O–H groups in total. The summed E-state index contributed by atoms with van der Waals surface area (Å²) >= 11 is 5.66. The third-order valence-electron chi connectivity index (χ3n) is 3.60. The average molecular weight is 376 g/mol. The van der Waals surface area contributed by atoms with Crippen LogP contribution in [0, 0.1) is 0 Å². The maximum absolute atomic E-state index is 13.0. The van der Waals surface area contributed by atoms with Gasteiger partial charge in [0.1, 0.15) is 11.1 Å². The molecular weight excluding hydrogens is 363 g/mol. The number of hydrogen-bond donors (Lipinski definition) is 2. The number of rotatable bonds is 3.